The molecule has 9 nitrogen and oxygen atoms in total. The molecule has 9 heteroatoms. The lowest BCUT2D eigenvalue weighted by atomic mass is 9.94. The number of likely N-dealkylation sites (N-methyl/N-ethyl adjacent to an activating group) is 1. The van der Waals surface area contributed by atoms with Gasteiger partial charge in [-0.25, -0.2) is 0 Å². The summed E-state index contributed by atoms with van der Waals surface area (Å²) in [6, 6.07) is 17.3. The van der Waals surface area contributed by atoms with E-state index in [1.165, 1.54) is 26.2 Å². The second-order valence-electron chi connectivity index (χ2n) is 10.1. The summed E-state index contributed by atoms with van der Waals surface area (Å²) in [6.07, 6.45) is 0. The number of Topliss-reactive ketones (excluding diaryl/α,β-unsaturated/α-hetero) is 1. The fourth-order valence-corrected chi connectivity index (χ4v) is 4.86. The van der Waals surface area contributed by atoms with E-state index in [1.807, 2.05) is 44.1 Å². The van der Waals surface area contributed by atoms with Crippen LogP contribution in [-0.2, 0) is 16.2 Å². The van der Waals surface area contributed by atoms with Gasteiger partial charge in [0.05, 0.1) is 32.9 Å². The number of benzene rings is 3. The Balaban J connectivity index is 1.74. The van der Waals surface area contributed by atoms with E-state index in [-0.39, 0.29) is 17.9 Å². The molecule has 0 aliphatic carbocycles. The summed E-state index contributed by atoms with van der Waals surface area (Å²) in [4.78, 5) is 30.1. The fourth-order valence-electron chi connectivity index (χ4n) is 4.86. The molecule has 1 fully saturated rings. The average molecular weight is 561 g/mol. The maximum atomic E-state index is 13.4. The van der Waals surface area contributed by atoms with Crippen molar-refractivity contribution in [1.82, 2.24) is 9.80 Å². The smallest absolute Gasteiger partial charge is 0.295 e. The molecule has 216 valence electrons. The highest BCUT2D eigenvalue weighted by Crippen LogP contribution is 2.45. The van der Waals surface area contributed by atoms with Crippen LogP contribution in [-0.4, -0.2) is 75.1 Å². The third kappa shape index (κ3) is 6.30. The summed E-state index contributed by atoms with van der Waals surface area (Å²) in [5, 5.41) is 11.5. The minimum Gasteiger partial charge on any atom is -0.507 e. The average Bonchev–Trinajstić information content (AvgIpc) is 3.23. The lowest BCUT2D eigenvalue weighted by molar-refractivity contribution is -0.140. The zero-order valence-corrected chi connectivity index (χ0v) is 24.3. The van der Waals surface area contributed by atoms with Crippen molar-refractivity contribution in [2.45, 2.75) is 19.6 Å². The Bertz CT molecular complexity index is 1420. The number of ketones is 1. The molecule has 3 aromatic rings. The largest absolute Gasteiger partial charge is 0.507 e. The first kappa shape index (κ1) is 29.5. The highest BCUT2D eigenvalue weighted by molar-refractivity contribution is 6.46. The molecule has 0 radical (unpaired) electrons. The zero-order chi connectivity index (χ0) is 29.7. The second kappa shape index (κ2) is 12.8. The van der Waals surface area contributed by atoms with E-state index in [1.54, 1.807) is 36.4 Å². The molecule has 0 bridgehead atoms. The summed E-state index contributed by atoms with van der Waals surface area (Å²) in [6.45, 7) is 3.20. The van der Waals surface area contributed by atoms with Crippen LogP contribution in [0.4, 0.5) is 0 Å². The number of carbonyl (C=O) groups excluding carboxylic acids is 2. The summed E-state index contributed by atoms with van der Waals surface area (Å²) in [7, 11) is 8.25. The molecule has 0 saturated carbocycles. The van der Waals surface area contributed by atoms with Crippen LogP contribution in [0.25, 0.3) is 5.76 Å². The van der Waals surface area contributed by atoms with Crippen LogP contribution < -0.4 is 18.9 Å². The predicted molar refractivity (Wildman–Crippen MR) is 156 cm³/mol. The molecule has 3 aromatic carbocycles. The van der Waals surface area contributed by atoms with Gasteiger partial charge in [-0.3, -0.25) is 9.59 Å². The van der Waals surface area contributed by atoms with Crippen molar-refractivity contribution in [2.75, 3.05) is 48.5 Å². The van der Waals surface area contributed by atoms with Crippen LogP contribution in [0.15, 0.2) is 66.2 Å². The minimum atomic E-state index is -0.874. The van der Waals surface area contributed by atoms with E-state index < -0.39 is 17.7 Å². The van der Waals surface area contributed by atoms with Gasteiger partial charge in [-0.2, -0.15) is 0 Å². The van der Waals surface area contributed by atoms with Gasteiger partial charge in [0.15, 0.2) is 11.5 Å². The predicted octanol–water partition coefficient (Wildman–Crippen LogP) is 4.58. The molecule has 41 heavy (non-hydrogen) atoms. The number of nitrogens with zero attached hydrogens (tertiary/aromatic N) is 2. The number of methoxy groups -OCH3 is 3. The van der Waals surface area contributed by atoms with Crippen molar-refractivity contribution >= 4 is 17.4 Å². The number of rotatable bonds is 11. The normalized spacial score (nSPS) is 16.3. The Morgan fingerprint density at radius 3 is 2.15 bits per heavy atom. The Kier molecular flexibility index (Phi) is 9.19. The van der Waals surface area contributed by atoms with Crippen molar-refractivity contribution in [3.05, 3.63) is 88.5 Å². The molecule has 1 unspecified atom stereocenters. The van der Waals surface area contributed by atoms with Gasteiger partial charge < -0.3 is 33.9 Å². The molecule has 1 amide bonds. The van der Waals surface area contributed by atoms with Gasteiger partial charge in [0, 0.05) is 18.7 Å². The lowest BCUT2D eigenvalue weighted by Gasteiger charge is -2.27. The van der Waals surface area contributed by atoms with Crippen molar-refractivity contribution < 1.29 is 33.6 Å². The van der Waals surface area contributed by atoms with E-state index in [0.29, 0.717) is 47.3 Å². The number of hydrogen-bond acceptors (Lipinski definition) is 8. The molecule has 0 spiro atoms. The van der Waals surface area contributed by atoms with Gasteiger partial charge in [0.25, 0.3) is 11.7 Å². The monoisotopic (exact) mass is 560 g/mol. The Labute approximate surface area is 240 Å². The summed E-state index contributed by atoms with van der Waals surface area (Å²) >= 11 is 0. The van der Waals surface area contributed by atoms with E-state index in [4.69, 9.17) is 18.9 Å². The maximum absolute atomic E-state index is 13.4. The Morgan fingerprint density at radius 1 is 0.927 bits per heavy atom. The quantitative estimate of drug-likeness (QED) is 0.207. The van der Waals surface area contributed by atoms with Gasteiger partial charge in [-0.1, -0.05) is 29.8 Å². The van der Waals surface area contributed by atoms with Crippen LogP contribution in [0.3, 0.4) is 0 Å². The number of amides is 1. The first-order chi connectivity index (χ1) is 19.7. The van der Waals surface area contributed by atoms with Crippen LogP contribution in [0, 0.1) is 6.92 Å². The molecular weight excluding hydrogens is 524 g/mol. The third-order valence-corrected chi connectivity index (χ3v) is 6.95. The highest BCUT2D eigenvalue weighted by Gasteiger charge is 2.46. The number of aliphatic hydroxyl groups excluding tert-OH is 1. The van der Waals surface area contributed by atoms with Crippen LogP contribution in [0.1, 0.15) is 28.3 Å². The standard InChI is InChI=1S/C32H36N2O7/c1-20-8-7-9-21(16-20)19-41-24-12-10-22(11-13-24)29(35)27-28(34(15-14-33(2)3)32(37)30(27)36)23-17-25(38-4)31(40-6)26(18-23)39-5/h7-13,16-18,28,35H,14-15,19H2,1-6H3. The van der Waals surface area contributed by atoms with Gasteiger partial charge in [-0.15, -0.1) is 0 Å². The summed E-state index contributed by atoms with van der Waals surface area (Å²) < 4.78 is 22.4. The third-order valence-electron chi connectivity index (χ3n) is 6.95. The molecule has 1 atom stereocenters. The number of ether oxygens (including phenoxy) is 4. The van der Waals surface area contributed by atoms with Crippen LogP contribution in [0.5, 0.6) is 23.0 Å². The van der Waals surface area contributed by atoms with Gasteiger partial charge in [-0.05, 0) is 68.5 Å². The molecule has 4 rings (SSSR count). The van der Waals surface area contributed by atoms with Gasteiger partial charge >= 0.3 is 0 Å². The van der Waals surface area contributed by atoms with Crippen LogP contribution in [0.2, 0.25) is 0 Å². The highest BCUT2D eigenvalue weighted by atomic mass is 16.5. The minimum absolute atomic E-state index is 0.0172. The first-order valence-corrected chi connectivity index (χ1v) is 13.2. The zero-order valence-electron chi connectivity index (χ0n) is 24.3. The molecule has 1 aliphatic rings. The molecule has 1 heterocycles. The van der Waals surface area contributed by atoms with E-state index >= 15 is 0 Å². The second-order valence-corrected chi connectivity index (χ2v) is 10.1. The van der Waals surface area contributed by atoms with E-state index in [9.17, 15) is 14.7 Å². The molecule has 0 aromatic heterocycles. The molecular formula is C32H36N2O7. The number of likely N-dealkylation sites (tertiary alicyclic amines) is 1. The number of hydrogen-bond donors (Lipinski definition) is 1. The van der Waals surface area contributed by atoms with Gasteiger partial charge in [0.2, 0.25) is 5.75 Å². The number of aliphatic hydroxyl groups is 1. The fraction of sp³-hybridized carbons (Fsp3) is 0.312. The molecule has 1 aliphatic heterocycles. The summed E-state index contributed by atoms with van der Waals surface area (Å²) in [5.41, 5.74) is 3.10. The number of aryl methyl sites for hydroxylation is 1. The van der Waals surface area contributed by atoms with Crippen LogP contribution >= 0.6 is 0 Å². The first-order valence-electron chi connectivity index (χ1n) is 13.2. The number of carbonyl (C=O) groups is 2. The summed E-state index contributed by atoms with van der Waals surface area (Å²) in [5.74, 6) is -0.00374. The van der Waals surface area contributed by atoms with E-state index in [0.717, 1.165) is 11.1 Å². The maximum Gasteiger partial charge on any atom is 0.295 e. The molecule has 1 saturated heterocycles. The SMILES string of the molecule is COc1cc(C2C(=C(O)c3ccc(OCc4cccc(C)c4)cc3)C(=O)C(=O)N2CCN(C)C)cc(OC)c1OC. The van der Waals surface area contributed by atoms with Crippen molar-refractivity contribution in [1.29, 1.82) is 0 Å². The Hall–Kier alpha value is -4.50. The van der Waals surface area contributed by atoms with E-state index in [2.05, 4.69) is 6.07 Å². The van der Waals surface area contributed by atoms with Crippen molar-refractivity contribution in [3.63, 3.8) is 0 Å². The van der Waals surface area contributed by atoms with Gasteiger partial charge in [0.1, 0.15) is 18.1 Å². The lowest BCUT2D eigenvalue weighted by Crippen LogP contribution is -2.35. The van der Waals surface area contributed by atoms with Crippen molar-refractivity contribution in [3.8, 4) is 23.0 Å². The molecule has 1 N–H and O–H groups in total. The van der Waals surface area contributed by atoms with Crippen molar-refractivity contribution in [2.24, 2.45) is 0 Å². The topological polar surface area (TPSA) is 97.8 Å². The Morgan fingerprint density at radius 2 is 1.59 bits per heavy atom.